The Morgan fingerprint density at radius 1 is 1.58 bits per heavy atom. The van der Waals surface area contributed by atoms with Gasteiger partial charge < -0.3 is 19.9 Å². The van der Waals surface area contributed by atoms with Crippen LogP contribution in [0, 0.1) is 5.92 Å². The number of carbonyl (C=O) groups excluding carboxylic acids is 1. The van der Waals surface area contributed by atoms with Gasteiger partial charge >= 0.3 is 0 Å². The largest absolute Gasteiger partial charge is 0.379 e. The first-order chi connectivity index (χ1) is 9.22. The van der Waals surface area contributed by atoms with Gasteiger partial charge in [0.25, 0.3) is 0 Å². The van der Waals surface area contributed by atoms with Gasteiger partial charge in [-0.25, -0.2) is 0 Å². The quantitative estimate of drug-likeness (QED) is 0.698. The molecule has 0 aromatic carbocycles. The molecule has 1 aliphatic rings. The van der Waals surface area contributed by atoms with Gasteiger partial charge in [-0.15, -0.1) is 10.2 Å². The molecule has 1 aliphatic heterocycles. The molecular weight excluding hydrogens is 246 g/mol. The lowest BCUT2D eigenvalue weighted by molar-refractivity contribution is -0.125. The van der Waals surface area contributed by atoms with Crippen molar-refractivity contribution < 1.29 is 9.53 Å². The smallest absolute Gasteiger partial charge is 0.227 e. The van der Waals surface area contributed by atoms with Crippen molar-refractivity contribution in [3.63, 3.8) is 0 Å². The van der Waals surface area contributed by atoms with Crippen LogP contribution in [-0.4, -0.2) is 53.0 Å². The van der Waals surface area contributed by atoms with Crippen molar-refractivity contribution in [3.05, 3.63) is 12.2 Å². The Balaban J connectivity index is 1.76. The zero-order valence-corrected chi connectivity index (χ0v) is 11.4. The summed E-state index contributed by atoms with van der Waals surface area (Å²) in [5.41, 5.74) is 0. The van der Waals surface area contributed by atoms with E-state index >= 15 is 0 Å². The van der Waals surface area contributed by atoms with Crippen LogP contribution in [0.3, 0.4) is 0 Å². The maximum atomic E-state index is 12.1. The van der Waals surface area contributed by atoms with Crippen molar-refractivity contribution in [3.8, 4) is 0 Å². The second kappa shape index (κ2) is 6.63. The summed E-state index contributed by atoms with van der Waals surface area (Å²) >= 11 is 0. The lowest BCUT2D eigenvalue weighted by atomic mass is 10.0. The second-order valence-corrected chi connectivity index (χ2v) is 4.71. The van der Waals surface area contributed by atoms with Crippen molar-refractivity contribution >= 4 is 5.91 Å². The Labute approximate surface area is 112 Å². The molecule has 2 rings (SSSR count). The van der Waals surface area contributed by atoms with Crippen LogP contribution in [-0.2, 0) is 23.0 Å². The fourth-order valence-electron chi connectivity index (χ4n) is 2.24. The number of rotatable bonds is 6. The van der Waals surface area contributed by atoms with Crippen molar-refractivity contribution in [2.75, 3.05) is 26.3 Å². The van der Waals surface area contributed by atoms with Crippen molar-refractivity contribution in [2.45, 2.75) is 19.4 Å². The number of carbonyl (C=O) groups is 1. The molecule has 7 nitrogen and oxygen atoms in total. The minimum absolute atomic E-state index is 0.0469. The van der Waals surface area contributed by atoms with E-state index < -0.39 is 0 Å². The molecule has 0 saturated carbocycles. The number of hydrogen-bond donors (Lipinski definition) is 2. The molecule has 2 heterocycles. The average molecular weight is 267 g/mol. The molecule has 2 N–H and O–H groups in total. The molecule has 1 fully saturated rings. The maximum Gasteiger partial charge on any atom is 0.227 e. The molecule has 0 bridgehead atoms. The molecule has 0 radical (unpaired) electrons. The van der Waals surface area contributed by atoms with E-state index in [1.165, 1.54) is 0 Å². The summed E-state index contributed by atoms with van der Waals surface area (Å²) in [6.07, 6.45) is 2.34. The number of aromatic nitrogens is 3. The van der Waals surface area contributed by atoms with Gasteiger partial charge in [-0.2, -0.15) is 0 Å². The van der Waals surface area contributed by atoms with Crippen LogP contribution < -0.4 is 10.6 Å². The summed E-state index contributed by atoms with van der Waals surface area (Å²) in [6.45, 7) is 4.54. The predicted octanol–water partition coefficient (Wildman–Crippen LogP) is -0.902. The van der Waals surface area contributed by atoms with Gasteiger partial charge in [-0.05, 0) is 6.54 Å². The molecule has 1 saturated heterocycles. The molecule has 2 unspecified atom stereocenters. The summed E-state index contributed by atoms with van der Waals surface area (Å²) in [5, 5.41) is 14.0. The van der Waals surface area contributed by atoms with Gasteiger partial charge in [0.1, 0.15) is 12.2 Å². The molecule has 1 aromatic heterocycles. The van der Waals surface area contributed by atoms with Gasteiger partial charge in [0.2, 0.25) is 5.91 Å². The third kappa shape index (κ3) is 3.51. The number of aryl methyl sites for hydroxylation is 1. The van der Waals surface area contributed by atoms with Crippen LogP contribution in [0.1, 0.15) is 12.7 Å². The van der Waals surface area contributed by atoms with E-state index in [-0.39, 0.29) is 17.9 Å². The fourth-order valence-corrected chi connectivity index (χ4v) is 2.24. The third-order valence-electron chi connectivity index (χ3n) is 3.34. The van der Waals surface area contributed by atoms with Crippen LogP contribution >= 0.6 is 0 Å². The van der Waals surface area contributed by atoms with Gasteiger partial charge in [-0.1, -0.05) is 6.92 Å². The van der Waals surface area contributed by atoms with Gasteiger partial charge in [0, 0.05) is 26.1 Å². The Hall–Kier alpha value is -1.47. The molecule has 1 aromatic rings. The van der Waals surface area contributed by atoms with E-state index in [9.17, 15) is 4.79 Å². The molecule has 0 spiro atoms. The van der Waals surface area contributed by atoms with E-state index in [4.69, 9.17) is 4.74 Å². The topological polar surface area (TPSA) is 81.1 Å². The Morgan fingerprint density at radius 2 is 2.42 bits per heavy atom. The highest BCUT2D eigenvalue weighted by Crippen LogP contribution is 2.13. The zero-order valence-electron chi connectivity index (χ0n) is 11.4. The average Bonchev–Trinajstić information content (AvgIpc) is 3.00. The Bertz CT molecular complexity index is 420. The van der Waals surface area contributed by atoms with Crippen LogP contribution in [0.25, 0.3) is 0 Å². The summed E-state index contributed by atoms with van der Waals surface area (Å²) in [5.74, 6) is 0.816. The normalized spacial score (nSPS) is 22.6. The Morgan fingerprint density at radius 3 is 3.11 bits per heavy atom. The van der Waals surface area contributed by atoms with Crippen LogP contribution in [0.2, 0.25) is 0 Å². The number of amides is 1. The summed E-state index contributed by atoms with van der Waals surface area (Å²) in [6, 6.07) is 0.125. The van der Waals surface area contributed by atoms with Crippen LogP contribution in [0.5, 0.6) is 0 Å². The lowest BCUT2D eigenvalue weighted by Crippen LogP contribution is -2.44. The number of nitrogens with one attached hydrogen (secondary N) is 2. The van der Waals surface area contributed by atoms with Gasteiger partial charge in [0.15, 0.2) is 0 Å². The van der Waals surface area contributed by atoms with E-state index in [0.717, 1.165) is 12.4 Å². The van der Waals surface area contributed by atoms with Crippen molar-refractivity contribution in [1.29, 1.82) is 0 Å². The van der Waals surface area contributed by atoms with Crippen LogP contribution in [0.4, 0.5) is 0 Å². The summed E-state index contributed by atoms with van der Waals surface area (Å²) < 4.78 is 7.22. The minimum atomic E-state index is -0.0977. The van der Waals surface area contributed by atoms with E-state index in [1.807, 2.05) is 18.5 Å². The SMILES string of the molecule is CCNC1COCC1C(=O)NCCc1nncn1C. The number of nitrogens with zero attached hydrogens (tertiary/aromatic N) is 3. The highest BCUT2D eigenvalue weighted by atomic mass is 16.5. The molecule has 0 aliphatic carbocycles. The first-order valence-corrected chi connectivity index (χ1v) is 6.64. The lowest BCUT2D eigenvalue weighted by Gasteiger charge is -2.17. The van der Waals surface area contributed by atoms with Gasteiger partial charge in [0.05, 0.1) is 19.1 Å². The standard InChI is InChI=1S/C12H21N5O2/c1-3-13-10-7-19-6-9(10)12(18)14-5-4-11-16-15-8-17(11)2/h8-10,13H,3-7H2,1-2H3,(H,14,18). The first-order valence-electron chi connectivity index (χ1n) is 6.64. The third-order valence-corrected chi connectivity index (χ3v) is 3.34. The highest BCUT2D eigenvalue weighted by molar-refractivity contribution is 5.79. The Kier molecular flexibility index (Phi) is 4.86. The summed E-state index contributed by atoms with van der Waals surface area (Å²) in [7, 11) is 1.89. The molecule has 19 heavy (non-hydrogen) atoms. The monoisotopic (exact) mass is 267 g/mol. The number of likely N-dealkylation sites (N-methyl/N-ethyl adjacent to an activating group) is 1. The number of hydrogen-bond acceptors (Lipinski definition) is 5. The molecular formula is C12H21N5O2. The molecule has 2 atom stereocenters. The molecule has 7 heteroatoms. The van der Waals surface area contributed by atoms with E-state index in [1.54, 1.807) is 6.33 Å². The fraction of sp³-hybridized carbons (Fsp3) is 0.750. The molecule has 1 amide bonds. The van der Waals surface area contributed by atoms with Crippen molar-refractivity contribution in [2.24, 2.45) is 13.0 Å². The minimum Gasteiger partial charge on any atom is -0.379 e. The summed E-state index contributed by atoms with van der Waals surface area (Å²) in [4.78, 5) is 12.1. The van der Waals surface area contributed by atoms with Crippen molar-refractivity contribution in [1.82, 2.24) is 25.4 Å². The first kappa shape index (κ1) is 14.0. The predicted molar refractivity (Wildman–Crippen MR) is 69.5 cm³/mol. The van der Waals surface area contributed by atoms with Crippen LogP contribution in [0.15, 0.2) is 6.33 Å². The maximum absolute atomic E-state index is 12.1. The highest BCUT2D eigenvalue weighted by Gasteiger charge is 2.33. The van der Waals surface area contributed by atoms with E-state index in [2.05, 4.69) is 20.8 Å². The zero-order chi connectivity index (χ0) is 13.7. The second-order valence-electron chi connectivity index (χ2n) is 4.71. The van der Waals surface area contributed by atoms with E-state index in [0.29, 0.717) is 26.2 Å². The molecule has 106 valence electrons. The number of ether oxygens (including phenoxy) is 1. The van der Waals surface area contributed by atoms with Gasteiger partial charge in [-0.3, -0.25) is 4.79 Å².